The van der Waals surface area contributed by atoms with Crippen LogP contribution in [0.1, 0.15) is 24.7 Å². The first kappa shape index (κ1) is 29.3. The van der Waals surface area contributed by atoms with Gasteiger partial charge in [0.05, 0.1) is 43.1 Å². The van der Waals surface area contributed by atoms with Crippen LogP contribution in [0.25, 0.3) is 0 Å². The molecule has 0 spiro atoms. The van der Waals surface area contributed by atoms with E-state index in [1.165, 1.54) is 37.5 Å². The number of alkyl carbamates (subject to hydrolysis) is 1. The molecule has 214 valence electrons. The van der Waals surface area contributed by atoms with E-state index in [-0.39, 0.29) is 36.4 Å². The number of hydrogen-bond donors (Lipinski definition) is 3. The van der Waals surface area contributed by atoms with Gasteiger partial charge in [0.15, 0.2) is 0 Å². The van der Waals surface area contributed by atoms with E-state index in [4.69, 9.17) is 13.9 Å². The molecule has 3 N–H and O–H groups in total. The minimum absolute atomic E-state index is 0.0337. The Morgan fingerprint density at radius 3 is 2.48 bits per heavy atom. The lowest BCUT2D eigenvalue weighted by Crippen LogP contribution is -2.51. The van der Waals surface area contributed by atoms with E-state index in [0.717, 1.165) is 9.87 Å². The molecule has 0 saturated carbocycles. The van der Waals surface area contributed by atoms with Crippen LogP contribution in [0.2, 0.25) is 0 Å². The number of furan rings is 1. The zero-order valence-electron chi connectivity index (χ0n) is 22.1. The normalized spacial score (nSPS) is 16.8. The Morgan fingerprint density at radius 1 is 1.10 bits per heavy atom. The van der Waals surface area contributed by atoms with Gasteiger partial charge in [-0.05, 0) is 48.4 Å². The lowest BCUT2D eigenvalue weighted by molar-refractivity contribution is -0.114. The number of sulfonamides is 1. The smallest absolute Gasteiger partial charge is 0.407 e. The van der Waals surface area contributed by atoms with Gasteiger partial charge in [-0.3, -0.25) is 4.79 Å². The van der Waals surface area contributed by atoms with Crippen LogP contribution in [0.5, 0.6) is 0 Å². The molecule has 1 aliphatic rings. The number of aliphatic hydroxyl groups is 1. The van der Waals surface area contributed by atoms with Gasteiger partial charge >= 0.3 is 6.09 Å². The number of nitrogens with one attached hydrogen (secondary N) is 2. The summed E-state index contributed by atoms with van der Waals surface area (Å²) in [5, 5.41) is 16.7. The minimum atomic E-state index is -4.13. The molecule has 3 aromatic rings. The fourth-order valence-corrected chi connectivity index (χ4v) is 5.74. The van der Waals surface area contributed by atoms with E-state index >= 15 is 0 Å². The molecule has 1 saturated heterocycles. The van der Waals surface area contributed by atoms with Crippen LogP contribution in [-0.4, -0.2) is 67.8 Å². The lowest BCUT2D eigenvalue weighted by atomic mass is 10.0. The molecule has 1 aromatic heterocycles. The summed E-state index contributed by atoms with van der Waals surface area (Å²) in [4.78, 5) is 24.0. The van der Waals surface area contributed by atoms with Crippen LogP contribution in [0.15, 0.2) is 82.3 Å². The van der Waals surface area contributed by atoms with Gasteiger partial charge in [-0.25, -0.2) is 13.2 Å². The molecule has 4 rings (SSSR count). The number of benzene rings is 2. The number of nitrogens with zero attached hydrogens (tertiary/aromatic N) is 1. The van der Waals surface area contributed by atoms with Crippen LogP contribution in [0.3, 0.4) is 0 Å². The number of ether oxygens (including phenoxy) is 2. The van der Waals surface area contributed by atoms with Crippen molar-refractivity contribution in [3.05, 3.63) is 84.3 Å². The number of anilines is 1. The highest BCUT2D eigenvalue weighted by Crippen LogP contribution is 2.22. The SMILES string of the molecule is CC(=O)Nc1ccc(S(=O)(=O)N(Cc2ccco2)CC(O)C(Cc2ccccc2)NC(=O)OC2CCOC2)cc1. The second kappa shape index (κ2) is 13.6. The molecule has 0 radical (unpaired) electrons. The van der Waals surface area contributed by atoms with Crippen molar-refractivity contribution in [3.63, 3.8) is 0 Å². The molecule has 0 bridgehead atoms. The van der Waals surface area contributed by atoms with Gasteiger partial charge in [0.2, 0.25) is 15.9 Å². The molecule has 1 aliphatic heterocycles. The van der Waals surface area contributed by atoms with Crippen LogP contribution < -0.4 is 10.6 Å². The topological polar surface area (TPSA) is 147 Å². The quantitative estimate of drug-likeness (QED) is 0.301. The van der Waals surface area contributed by atoms with Crippen molar-refractivity contribution in [1.29, 1.82) is 0 Å². The van der Waals surface area contributed by atoms with Gasteiger partial charge in [0.1, 0.15) is 11.9 Å². The lowest BCUT2D eigenvalue weighted by Gasteiger charge is -2.29. The van der Waals surface area contributed by atoms with Crippen LogP contribution in [-0.2, 0) is 37.3 Å². The molecule has 0 aliphatic carbocycles. The van der Waals surface area contributed by atoms with Crippen molar-refractivity contribution in [3.8, 4) is 0 Å². The summed E-state index contributed by atoms with van der Waals surface area (Å²) in [6.07, 6.45) is -0.166. The van der Waals surface area contributed by atoms with Crippen molar-refractivity contribution in [2.75, 3.05) is 25.1 Å². The summed E-state index contributed by atoms with van der Waals surface area (Å²) in [5.41, 5.74) is 1.28. The molecular formula is C28H33N3O8S. The van der Waals surface area contributed by atoms with E-state index in [2.05, 4.69) is 10.6 Å². The molecule has 2 heterocycles. The first-order valence-electron chi connectivity index (χ1n) is 12.9. The molecule has 2 aromatic carbocycles. The predicted octanol–water partition coefficient (Wildman–Crippen LogP) is 2.92. The van der Waals surface area contributed by atoms with Gasteiger partial charge in [0, 0.05) is 25.6 Å². The maximum Gasteiger partial charge on any atom is 0.407 e. The Hall–Kier alpha value is -3.71. The van der Waals surface area contributed by atoms with Crippen LogP contribution in [0.4, 0.5) is 10.5 Å². The first-order valence-corrected chi connectivity index (χ1v) is 14.3. The van der Waals surface area contributed by atoms with Crippen molar-refractivity contribution in [1.82, 2.24) is 9.62 Å². The molecule has 3 unspecified atom stereocenters. The Balaban J connectivity index is 1.56. The number of carbonyl (C=O) groups excluding carboxylic acids is 2. The number of amides is 2. The highest BCUT2D eigenvalue weighted by atomic mass is 32.2. The average molecular weight is 572 g/mol. The zero-order chi connectivity index (χ0) is 28.5. The molecular weight excluding hydrogens is 538 g/mol. The van der Waals surface area contributed by atoms with Gasteiger partial charge in [-0.1, -0.05) is 30.3 Å². The Kier molecular flexibility index (Phi) is 9.93. The molecule has 3 atom stereocenters. The highest BCUT2D eigenvalue weighted by molar-refractivity contribution is 7.89. The number of hydrogen-bond acceptors (Lipinski definition) is 8. The summed E-state index contributed by atoms with van der Waals surface area (Å²) in [6.45, 7) is 1.66. The van der Waals surface area contributed by atoms with E-state index in [1.807, 2.05) is 30.3 Å². The number of carbonyl (C=O) groups is 2. The summed E-state index contributed by atoms with van der Waals surface area (Å²) in [6, 6.07) is 17.4. The highest BCUT2D eigenvalue weighted by Gasteiger charge is 2.32. The third-order valence-corrected chi connectivity index (χ3v) is 8.17. The predicted molar refractivity (Wildman–Crippen MR) is 146 cm³/mol. The summed E-state index contributed by atoms with van der Waals surface area (Å²) < 4.78 is 44.6. The Bertz CT molecular complexity index is 1340. The molecule has 11 nitrogen and oxygen atoms in total. The first-order chi connectivity index (χ1) is 19.2. The number of rotatable bonds is 12. The third-order valence-electron chi connectivity index (χ3n) is 6.34. The maximum atomic E-state index is 13.7. The van der Waals surface area contributed by atoms with Gasteiger partial charge < -0.3 is 29.6 Å². The van der Waals surface area contributed by atoms with Crippen molar-refractivity contribution >= 4 is 27.7 Å². The fraction of sp³-hybridized carbons (Fsp3) is 0.357. The van der Waals surface area contributed by atoms with Crippen LogP contribution in [0, 0.1) is 0 Å². The molecule has 40 heavy (non-hydrogen) atoms. The monoisotopic (exact) mass is 571 g/mol. The second-order valence-electron chi connectivity index (χ2n) is 9.48. The molecule has 1 fully saturated rings. The minimum Gasteiger partial charge on any atom is -0.468 e. The average Bonchev–Trinajstić information content (AvgIpc) is 3.63. The third kappa shape index (κ3) is 8.15. The Morgan fingerprint density at radius 2 is 1.85 bits per heavy atom. The van der Waals surface area contributed by atoms with Crippen molar-refractivity contribution in [2.24, 2.45) is 0 Å². The van der Waals surface area contributed by atoms with Gasteiger partial charge in [-0.15, -0.1) is 0 Å². The maximum absolute atomic E-state index is 13.7. The van der Waals surface area contributed by atoms with E-state index in [9.17, 15) is 23.1 Å². The second-order valence-corrected chi connectivity index (χ2v) is 11.4. The summed E-state index contributed by atoms with van der Waals surface area (Å²) in [5.74, 6) is 0.0907. The molecule has 2 amide bonds. The van der Waals surface area contributed by atoms with E-state index < -0.39 is 28.3 Å². The summed E-state index contributed by atoms with van der Waals surface area (Å²) >= 11 is 0. The van der Waals surface area contributed by atoms with Crippen LogP contribution >= 0.6 is 0 Å². The van der Waals surface area contributed by atoms with Crippen molar-refractivity contribution in [2.45, 2.75) is 49.5 Å². The molecule has 12 heteroatoms. The standard InChI is InChI=1S/C28H33N3O8S/c1-20(32)29-22-9-11-25(12-10-22)40(35,36)31(17-23-8-5-14-38-23)18-27(33)26(16-21-6-3-2-4-7-21)30-28(34)39-24-13-15-37-19-24/h2-12,14,24,26-27,33H,13,15-19H2,1H3,(H,29,32)(H,30,34). The van der Waals surface area contributed by atoms with E-state index in [0.29, 0.717) is 31.1 Å². The summed E-state index contributed by atoms with van der Waals surface area (Å²) in [7, 11) is -4.13. The Labute approximate surface area is 233 Å². The fourth-order valence-electron chi connectivity index (χ4n) is 4.32. The van der Waals surface area contributed by atoms with Gasteiger partial charge in [0.25, 0.3) is 0 Å². The largest absolute Gasteiger partial charge is 0.468 e. The van der Waals surface area contributed by atoms with Crippen molar-refractivity contribution < 1.29 is 37.0 Å². The number of aliphatic hydroxyl groups excluding tert-OH is 1. The van der Waals surface area contributed by atoms with Gasteiger partial charge in [-0.2, -0.15) is 4.31 Å². The van der Waals surface area contributed by atoms with E-state index in [1.54, 1.807) is 12.1 Å². The zero-order valence-corrected chi connectivity index (χ0v) is 22.9.